The van der Waals surface area contributed by atoms with Crippen LogP contribution in [0.5, 0.6) is 0 Å². The van der Waals surface area contributed by atoms with Crippen molar-refractivity contribution in [1.29, 1.82) is 5.26 Å². The first-order valence-corrected chi connectivity index (χ1v) is 3.95. The molecule has 0 atom stereocenters. The van der Waals surface area contributed by atoms with E-state index in [2.05, 4.69) is 4.74 Å². The minimum Gasteiger partial charge on any atom is -0.351 e. The molecule has 0 saturated carbocycles. The summed E-state index contributed by atoms with van der Waals surface area (Å²) >= 11 is 0. The molecule has 0 aliphatic heterocycles. The average molecular weight is 175 g/mol. The normalized spacial score (nSPS) is 8.85. The minimum atomic E-state index is -0.480. The van der Waals surface area contributed by atoms with Gasteiger partial charge in [-0.1, -0.05) is 30.3 Å². The second-order valence-corrected chi connectivity index (χ2v) is 2.55. The Labute approximate surface area is 76.6 Å². The van der Waals surface area contributed by atoms with Gasteiger partial charge in [-0.3, -0.25) is 4.79 Å². The largest absolute Gasteiger partial charge is 0.351 e. The lowest BCUT2D eigenvalue weighted by Crippen LogP contribution is -2.01. The third kappa shape index (κ3) is 3.39. The highest BCUT2D eigenvalue weighted by molar-refractivity contribution is 5.70. The quantitative estimate of drug-likeness (QED) is 0.518. The Morgan fingerprint density at radius 3 is 2.69 bits per heavy atom. The predicted molar refractivity (Wildman–Crippen MR) is 46.5 cm³/mol. The van der Waals surface area contributed by atoms with E-state index >= 15 is 0 Å². The number of aryl methyl sites for hydroxylation is 1. The van der Waals surface area contributed by atoms with Crippen molar-refractivity contribution in [3.05, 3.63) is 35.9 Å². The number of nitriles is 1. The van der Waals surface area contributed by atoms with Gasteiger partial charge in [0.15, 0.2) is 0 Å². The Morgan fingerprint density at radius 1 is 1.38 bits per heavy atom. The molecule has 0 fully saturated rings. The van der Waals surface area contributed by atoms with Crippen molar-refractivity contribution in [2.24, 2.45) is 0 Å². The summed E-state index contributed by atoms with van der Waals surface area (Å²) in [6, 6.07) is 9.59. The molecule has 66 valence electrons. The summed E-state index contributed by atoms with van der Waals surface area (Å²) in [5, 5.41) is 8.04. The molecule has 1 aromatic rings. The van der Waals surface area contributed by atoms with Crippen LogP contribution in [0.2, 0.25) is 0 Å². The van der Waals surface area contributed by atoms with Gasteiger partial charge in [0.25, 0.3) is 6.26 Å². The van der Waals surface area contributed by atoms with Crippen LogP contribution in [0.15, 0.2) is 30.3 Å². The minimum absolute atomic E-state index is 0.248. The Kier molecular flexibility index (Phi) is 3.52. The van der Waals surface area contributed by atoms with Crippen LogP contribution in [-0.4, -0.2) is 5.97 Å². The summed E-state index contributed by atoms with van der Waals surface area (Å²) in [4.78, 5) is 10.8. The Bertz CT molecular complexity index is 313. The standard InChI is InChI=1S/C10H9NO2/c11-8-13-10(12)7-6-9-4-2-1-3-5-9/h1-5H,6-7H2. The molecule has 13 heavy (non-hydrogen) atoms. The van der Waals surface area contributed by atoms with Crippen molar-refractivity contribution >= 4 is 5.97 Å². The predicted octanol–water partition coefficient (Wildman–Crippen LogP) is 1.64. The van der Waals surface area contributed by atoms with Crippen LogP contribution in [0.1, 0.15) is 12.0 Å². The molecule has 0 aliphatic carbocycles. The maximum Gasteiger partial charge on any atom is 0.321 e. The topological polar surface area (TPSA) is 50.1 Å². The molecule has 3 nitrogen and oxygen atoms in total. The lowest BCUT2D eigenvalue weighted by Gasteiger charge is -1.97. The summed E-state index contributed by atoms with van der Waals surface area (Å²) in [7, 11) is 0. The molecule has 0 spiro atoms. The SMILES string of the molecule is N#COC(=O)CCc1ccccc1. The van der Waals surface area contributed by atoms with E-state index < -0.39 is 5.97 Å². The van der Waals surface area contributed by atoms with Gasteiger partial charge in [0, 0.05) is 0 Å². The van der Waals surface area contributed by atoms with E-state index in [1.165, 1.54) is 6.26 Å². The maximum absolute atomic E-state index is 10.8. The van der Waals surface area contributed by atoms with Gasteiger partial charge in [0.05, 0.1) is 6.42 Å². The third-order valence-electron chi connectivity index (χ3n) is 1.62. The molecule has 0 saturated heterocycles. The van der Waals surface area contributed by atoms with Gasteiger partial charge in [-0.2, -0.15) is 0 Å². The van der Waals surface area contributed by atoms with Crippen LogP contribution in [-0.2, 0) is 16.0 Å². The van der Waals surface area contributed by atoms with E-state index in [4.69, 9.17) is 5.26 Å². The fourth-order valence-electron chi connectivity index (χ4n) is 0.993. The highest BCUT2D eigenvalue weighted by atomic mass is 16.5. The molecule has 0 N–H and O–H groups in total. The smallest absolute Gasteiger partial charge is 0.321 e. The van der Waals surface area contributed by atoms with Crippen LogP contribution in [0.25, 0.3) is 0 Å². The first-order valence-electron chi connectivity index (χ1n) is 3.95. The van der Waals surface area contributed by atoms with Crippen LogP contribution >= 0.6 is 0 Å². The zero-order chi connectivity index (χ0) is 9.52. The first kappa shape index (κ1) is 9.27. The summed E-state index contributed by atoms with van der Waals surface area (Å²) in [5.74, 6) is -0.480. The van der Waals surface area contributed by atoms with Gasteiger partial charge in [-0.25, -0.2) is 0 Å². The van der Waals surface area contributed by atoms with Crippen molar-refractivity contribution in [3.63, 3.8) is 0 Å². The molecule has 0 aromatic heterocycles. The Morgan fingerprint density at radius 2 is 2.08 bits per heavy atom. The molecule has 0 radical (unpaired) electrons. The molecule has 0 aliphatic rings. The molecular weight excluding hydrogens is 166 g/mol. The summed E-state index contributed by atoms with van der Waals surface area (Å²) in [5.41, 5.74) is 1.07. The van der Waals surface area contributed by atoms with Crippen molar-refractivity contribution in [2.45, 2.75) is 12.8 Å². The average Bonchev–Trinajstić information content (AvgIpc) is 2.17. The maximum atomic E-state index is 10.8. The molecule has 0 bridgehead atoms. The molecule has 0 heterocycles. The van der Waals surface area contributed by atoms with Crippen LogP contribution in [0.4, 0.5) is 0 Å². The van der Waals surface area contributed by atoms with E-state index in [0.717, 1.165) is 5.56 Å². The summed E-state index contributed by atoms with van der Waals surface area (Å²) < 4.78 is 4.13. The number of nitrogens with zero attached hydrogens (tertiary/aromatic N) is 1. The molecule has 1 aromatic carbocycles. The summed E-state index contributed by atoms with van der Waals surface area (Å²) in [6.07, 6.45) is 2.21. The van der Waals surface area contributed by atoms with E-state index in [9.17, 15) is 4.79 Å². The summed E-state index contributed by atoms with van der Waals surface area (Å²) in [6.45, 7) is 0. The number of ether oxygens (including phenoxy) is 1. The third-order valence-corrected chi connectivity index (χ3v) is 1.62. The van der Waals surface area contributed by atoms with Crippen molar-refractivity contribution in [1.82, 2.24) is 0 Å². The van der Waals surface area contributed by atoms with Crippen LogP contribution < -0.4 is 0 Å². The van der Waals surface area contributed by atoms with Gasteiger partial charge in [-0.05, 0) is 12.0 Å². The van der Waals surface area contributed by atoms with Crippen molar-refractivity contribution < 1.29 is 9.53 Å². The van der Waals surface area contributed by atoms with Crippen LogP contribution in [0, 0.1) is 11.5 Å². The van der Waals surface area contributed by atoms with E-state index in [0.29, 0.717) is 6.42 Å². The zero-order valence-electron chi connectivity index (χ0n) is 7.06. The molecule has 3 heteroatoms. The number of carbonyl (C=O) groups is 1. The number of hydrogen-bond donors (Lipinski definition) is 0. The highest BCUT2D eigenvalue weighted by Crippen LogP contribution is 2.02. The van der Waals surface area contributed by atoms with Gasteiger partial charge in [-0.15, -0.1) is 5.26 Å². The van der Waals surface area contributed by atoms with E-state index in [-0.39, 0.29) is 6.42 Å². The lowest BCUT2D eigenvalue weighted by molar-refractivity contribution is -0.136. The van der Waals surface area contributed by atoms with Crippen LogP contribution in [0.3, 0.4) is 0 Å². The Hall–Kier alpha value is -1.82. The van der Waals surface area contributed by atoms with Gasteiger partial charge >= 0.3 is 5.97 Å². The fourth-order valence-corrected chi connectivity index (χ4v) is 0.993. The fraction of sp³-hybridized carbons (Fsp3) is 0.200. The molecule has 1 rings (SSSR count). The van der Waals surface area contributed by atoms with Crippen molar-refractivity contribution in [2.75, 3.05) is 0 Å². The first-order chi connectivity index (χ1) is 6.33. The van der Waals surface area contributed by atoms with E-state index in [1.54, 1.807) is 0 Å². The Balaban J connectivity index is 2.36. The van der Waals surface area contributed by atoms with Gasteiger partial charge in [0.1, 0.15) is 0 Å². The van der Waals surface area contributed by atoms with Gasteiger partial charge in [0.2, 0.25) is 0 Å². The zero-order valence-corrected chi connectivity index (χ0v) is 7.06. The number of rotatable bonds is 3. The number of carbonyl (C=O) groups excluding carboxylic acids is 1. The second-order valence-electron chi connectivity index (χ2n) is 2.55. The van der Waals surface area contributed by atoms with Gasteiger partial charge < -0.3 is 4.74 Å². The molecular formula is C10H9NO2. The van der Waals surface area contributed by atoms with Crippen molar-refractivity contribution in [3.8, 4) is 6.26 Å². The number of esters is 1. The number of benzene rings is 1. The van der Waals surface area contributed by atoms with E-state index in [1.807, 2.05) is 30.3 Å². The molecule has 0 amide bonds. The molecule has 0 unspecified atom stereocenters. The highest BCUT2D eigenvalue weighted by Gasteiger charge is 2.01. The lowest BCUT2D eigenvalue weighted by atomic mass is 10.1. The second kappa shape index (κ2) is 4.94. The number of hydrogen-bond acceptors (Lipinski definition) is 3. The monoisotopic (exact) mass is 175 g/mol.